The van der Waals surface area contributed by atoms with Crippen LogP contribution in [-0.2, 0) is 19.1 Å². The lowest BCUT2D eigenvalue weighted by atomic mass is 10.1. The molecule has 0 N–H and O–H groups in total. The Morgan fingerprint density at radius 1 is 0.684 bits per heavy atom. The van der Waals surface area contributed by atoms with Gasteiger partial charge in [-0.05, 0) is 25.7 Å². The first-order chi connectivity index (χ1) is 9.20. The monoisotopic (exact) mass is 272 g/mol. The molecule has 0 saturated carbocycles. The fourth-order valence-electron chi connectivity index (χ4n) is 1.52. The number of esters is 2. The standard InChI is InChI=1S/C15H28O4/c1-3-5-12-18-14(16)10-8-7-9-11-15(17)19-13-6-4-2/h3-13H2,1-2H3. The summed E-state index contributed by atoms with van der Waals surface area (Å²) in [6.45, 7) is 5.18. The second-order valence-electron chi connectivity index (χ2n) is 4.71. The van der Waals surface area contributed by atoms with Crippen LogP contribution in [0, 0.1) is 0 Å². The third-order valence-electron chi connectivity index (χ3n) is 2.78. The molecule has 4 heteroatoms. The number of hydrogen-bond acceptors (Lipinski definition) is 4. The maximum Gasteiger partial charge on any atom is 0.305 e. The molecular formula is C15H28O4. The van der Waals surface area contributed by atoms with E-state index in [0.717, 1.165) is 44.9 Å². The van der Waals surface area contributed by atoms with E-state index >= 15 is 0 Å². The Hall–Kier alpha value is -1.06. The topological polar surface area (TPSA) is 52.6 Å². The molecular weight excluding hydrogens is 244 g/mol. The molecule has 0 fully saturated rings. The van der Waals surface area contributed by atoms with Gasteiger partial charge in [0.25, 0.3) is 0 Å². The van der Waals surface area contributed by atoms with E-state index < -0.39 is 0 Å². The molecule has 0 radical (unpaired) electrons. The Morgan fingerprint density at radius 3 is 1.47 bits per heavy atom. The third kappa shape index (κ3) is 13.2. The van der Waals surface area contributed by atoms with Crippen LogP contribution in [0.3, 0.4) is 0 Å². The van der Waals surface area contributed by atoms with E-state index in [2.05, 4.69) is 13.8 Å². The molecule has 0 aromatic carbocycles. The van der Waals surface area contributed by atoms with Gasteiger partial charge in [-0.3, -0.25) is 9.59 Å². The van der Waals surface area contributed by atoms with Gasteiger partial charge in [-0.15, -0.1) is 0 Å². The van der Waals surface area contributed by atoms with Crippen molar-refractivity contribution < 1.29 is 19.1 Å². The third-order valence-corrected chi connectivity index (χ3v) is 2.78. The molecule has 0 aromatic rings. The van der Waals surface area contributed by atoms with Crippen molar-refractivity contribution in [2.24, 2.45) is 0 Å². The van der Waals surface area contributed by atoms with Gasteiger partial charge in [0.2, 0.25) is 0 Å². The molecule has 0 aliphatic rings. The Kier molecular flexibility index (Phi) is 12.6. The van der Waals surface area contributed by atoms with Crippen LogP contribution in [0.4, 0.5) is 0 Å². The molecule has 0 bridgehead atoms. The van der Waals surface area contributed by atoms with E-state index in [1.807, 2.05) is 0 Å². The van der Waals surface area contributed by atoms with Gasteiger partial charge in [0, 0.05) is 12.8 Å². The van der Waals surface area contributed by atoms with Crippen LogP contribution in [0.15, 0.2) is 0 Å². The summed E-state index contributed by atoms with van der Waals surface area (Å²) in [5.74, 6) is -0.252. The van der Waals surface area contributed by atoms with E-state index in [4.69, 9.17) is 9.47 Å². The fraction of sp³-hybridized carbons (Fsp3) is 0.867. The summed E-state index contributed by atoms with van der Waals surface area (Å²) in [6, 6.07) is 0. The molecule has 4 nitrogen and oxygen atoms in total. The fourth-order valence-corrected chi connectivity index (χ4v) is 1.52. The lowest BCUT2D eigenvalue weighted by Crippen LogP contribution is -2.06. The van der Waals surface area contributed by atoms with Crippen molar-refractivity contribution in [3.8, 4) is 0 Å². The number of ether oxygens (including phenoxy) is 2. The summed E-state index contributed by atoms with van der Waals surface area (Å²) in [5, 5.41) is 0. The van der Waals surface area contributed by atoms with Crippen molar-refractivity contribution in [3.63, 3.8) is 0 Å². The first-order valence-corrected chi connectivity index (χ1v) is 7.52. The molecule has 0 atom stereocenters. The van der Waals surface area contributed by atoms with Crippen LogP contribution >= 0.6 is 0 Å². The molecule has 0 heterocycles. The molecule has 0 saturated heterocycles. The summed E-state index contributed by atoms with van der Waals surface area (Å²) in [6.07, 6.45) is 7.26. The number of carbonyl (C=O) groups is 2. The van der Waals surface area contributed by atoms with E-state index in [-0.39, 0.29) is 11.9 Å². The summed E-state index contributed by atoms with van der Waals surface area (Å²) in [4.78, 5) is 22.6. The van der Waals surface area contributed by atoms with E-state index in [0.29, 0.717) is 26.1 Å². The molecule has 0 aromatic heterocycles. The van der Waals surface area contributed by atoms with Crippen molar-refractivity contribution in [1.29, 1.82) is 0 Å². The summed E-state index contributed by atoms with van der Waals surface area (Å²) in [5.41, 5.74) is 0. The van der Waals surface area contributed by atoms with E-state index in [1.54, 1.807) is 0 Å². The zero-order valence-corrected chi connectivity index (χ0v) is 12.4. The molecule has 112 valence electrons. The maximum atomic E-state index is 11.3. The van der Waals surface area contributed by atoms with Crippen molar-refractivity contribution >= 4 is 11.9 Å². The second-order valence-corrected chi connectivity index (χ2v) is 4.71. The van der Waals surface area contributed by atoms with E-state index in [1.165, 1.54) is 0 Å². The molecule has 0 aliphatic heterocycles. The first kappa shape index (κ1) is 17.9. The van der Waals surface area contributed by atoms with Gasteiger partial charge in [-0.25, -0.2) is 0 Å². The summed E-state index contributed by atoms with van der Waals surface area (Å²) in [7, 11) is 0. The van der Waals surface area contributed by atoms with Gasteiger partial charge in [0.1, 0.15) is 0 Å². The van der Waals surface area contributed by atoms with Gasteiger partial charge in [-0.2, -0.15) is 0 Å². The quantitative estimate of drug-likeness (QED) is 0.402. The molecule has 0 spiro atoms. The minimum atomic E-state index is -0.126. The molecule has 0 rings (SSSR count). The minimum absolute atomic E-state index is 0.126. The Labute approximate surface area is 116 Å². The summed E-state index contributed by atoms with van der Waals surface area (Å²) < 4.78 is 10.1. The number of hydrogen-bond donors (Lipinski definition) is 0. The van der Waals surface area contributed by atoms with Gasteiger partial charge < -0.3 is 9.47 Å². The molecule has 19 heavy (non-hydrogen) atoms. The van der Waals surface area contributed by atoms with Crippen LogP contribution in [0.2, 0.25) is 0 Å². The number of unbranched alkanes of at least 4 members (excludes halogenated alkanes) is 4. The maximum absolute atomic E-state index is 11.3. The Balaban J connectivity index is 3.29. The number of carbonyl (C=O) groups excluding carboxylic acids is 2. The lowest BCUT2D eigenvalue weighted by Gasteiger charge is -2.04. The van der Waals surface area contributed by atoms with Crippen LogP contribution in [-0.4, -0.2) is 25.2 Å². The SMILES string of the molecule is CCCCOC(=O)CCCCCC(=O)OCCCC. The summed E-state index contributed by atoms with van der Waals surface area (Å²) >= 11 is 0. The molecule has 0 amide bonds. The van der Waals surface area contributed by atoms with Gasteiger partial charge in [0.05, 0.1) is 13.2 Å². The molecule has 0 unspecified atom stereocenters. The highest BCUT2D eigenvalue weighted by Crippen LogP contribution is 2.06. The van der Waals surface area contributed by atoms with Crippen molar-refractivity contribution in [2.45, 2.75) is 71.6 Å². The Morgan fingerprint density at radius 2 is 1.11 bits per heavy atom. The highest BCUT2D eigenvalue weighted by atomic mass is 16.5. The zero-order chi connectivity index (χ0) is 14.3. The largest absolute Gasteiger partial charge is 0.466 e. The second kappa shape index (κ2) is 13.4. The van der Waals surface area contributed by atoms with Crippen molar-refractivity contribution in [2.75, 3.05) is 13.2 Å². The zero-order valence-electron chi connectivity index (χ0n) is 12.4. The first-order valence-electron chi connectivity index (χ1n) is 7.52. The van der Waals surface area contributed by atoms with Crippen molar-refractivity contribution in [1.82, 2.24) is 0 Å². The average Bonchev–Trinajstić information content (AvgIpc) is 2.39. The van der Waals surface area contributed by atoms with Crippen molar-refractivity contribution in [3.05, 3.63) is 0 Å². The van der Waals surface area contributed by atoms with Crippen LogP contribution in [0.5, 0.6) is 0 Å². The smallest absolute Gasteiger partial charge is 0.305 e. The Bertz CT molecular complexity index is 214. The predicted octanol–water partition coefficient (Wildman–Crippen LogP) is 3.62. The van der Waals surface area contributed by atoms with Crippen LogP contribution in [0.25, 0.3) is 0 Å². The van der Waals surface area contributed by atoms with Gasteiger partial charge in [0.15, 0.2) is 0 Å². The normalized spacial score (nSPS) is 10.2. The minimum Gasteiger partial charge on any atom is -0.466 e. The average molecular weight is 272 g/mol. The highest BCUT2D eigenvalue weighted by molar-refractivity contribution is 5.69. The highest BCUT2D eigenvalue weighted by Gasteiger charge is 2.04. The number of rotatable bonds is 12. The van der Waals surface area contributed by atoms with E-state index in [9.17, 15) is 9.59 Å². The van der Waals surface area contributed by atoms with Crippen LogP contribution in [0.1, 0.15) is 71.6 Å². The van der Waals surface area contributed by atoms with Gasteiger partial charge >= 0.3 is 11.9 Å². The predicted molar refractivity (Wildman–Crippen MR) is 74.8 cm³/mol. The van der Waals surface area contributed by atoms with Gasteiger partial charge in [-0.1, -0.05) is 33.1 Å². The lowest BCUT2D eigenvalue weighted by molar-refractivity contribution is -0.144. The van der Waals surface area contributed by atoms with Crippen LogP contribution < -0.4 is 0 Å². The molecule has 0 aliphatic carbocycles.